The van der Waals surface area contributed by atoms with Gasteiger partial charge in [-0.05, 0) is 36.4 Å². The van der Waals surface area contributed by atoms with Crippen LogP contribution in [0.1, 0.15) is 16.1 Å². The van der Waals surface area contributed by atoms with E-state index < -0.39 is 5.97 Å². The van der Waals surface area contributed by atoms with Crippen molar-refractivity contribution >= 4 is 38.9 Å². The highest BCUT2D eigenvalue weighted by atomic mass is 32.1. The molecule has 0 unspecified atom stereocenters. The first kappa shape index (κ1) is 16.0. The Morgan fingerprint density at radius 2 is 2.04 bits per heavy atom. The highest BCUT2D eigenvalue weighted by molar-refractivity contribution is 7.22. The average Bonchev–Trinajstić information content (AvgIpc) is 3.28. The molecule has 2 aromatic carbocycles. The topological polar surface area (TPSA) is 87.7 Å². The highest BCUT2D eigenvalue weighted by Gasteiger charge is 2.08. The molecule has 26 heavy (non-hydrogen) atoms. The first-order valence-corrected chi connectivity index (χ1v) is 8.59. The lowest BCUT2D eigenvalue weighted by molar-refractivity contribution is 0.0697. The summed E-state index contributed by atoms with van der Waals surface area (Å²) in [6, 6.07) is 18.0. The molecule has 7 heteroatoms. The number of nitrogens with one attached hydrogen (secondary N) is 1. The van der Waals surface area contributed by atoms with Crippen molar-refractivity contribution in [3.05, 3.63) is 72.0 Å². The zero-order valence-electron chi connectivity index (χ0n) is 13.4. The predicted molar refractivity (Wildman–Crippen MR) is 102 cm³/mol. The van der Waals surface area contributed by atoms with Crippen molar-refractivity contribution in [1.82, 2.24) is 4.98 Å². The van der Waals surface area contributed by atoms with E-state index in [1.165, 1.54) is 11.3 Å². The quantitative estimate of drug-likeness (QED) is 0.396. The van der Waals surface area contributed by atoms with E-state index in [1.807, 2.05) is 24.3 Å². The zero-order valence-corrected chi connectivity index (χ0v) is 14.2. The Morgan fingerprint density at radius 1 is 1.15 bits per heavy atom. The second-order valence-corrected chi connectivity index (χ2v) is 6.48. The first-order chi connectivity index (χ1) is 12.7. The molecule has 0 atom stereocenters. The largest absolute Gasteiger partial charge is 0.478 e. The Morgan fingerprint density at radius 3 is 2.88 bits per heavy atom. The highest BCUT2D eigenvalue weighted by Crippen LogP contribution is 2.25. The van der Waals surface area contributed by atoms with Crippen molar-refractivity contribution in [2.45, 2.75) is 0 Å². The Labute approximate surface area is 152 Å². The molecule has 0 aliphatic rings. The van der Waals surface area contributed by atoms with E-state index in [9.17, 15) is 4.79 Å². The monoisotopic (exact) mass is 363 g/mol. The van der Waals surface area contributed by atoms with Crippen molar-refractivity contribution in [3.63, 3.8) is 0 Å². The fourth-order valence-electron chi connectivity index (χ4n) is 2.45. The molecule has 2 aromatic heterocycles. The number of benzene rings is 2. The molecule has 0 aliphatic heterocycles. The van der Waals surface area contributed by atoms with Gasteiger partial charge in [0.15, 0.2) is 0 Å². The van der Waals surface area contributed by atoms with E-state index in [4.69, 9.17) is 9.52 Å². The number of para-hydroxylation sites is 1. The molecule has 0 bridgehead atoms. The normalized spacial score (nSPS) is 11.2. The van der Waals surface area contributed by atoms with Gasteiger partial charge in [0.1, 0.15) is 11.5 Å². The molecule has 2 heterocycles. The van der Waals surface area contributed by atoms with Crippen LogP contribution in [0.25, 0.3) is 21.5 Å². The molecule has 0 radical (unpaired) electrons. The second kappa shape index (κ2) is 6.81. The number of hydrazone groups is 1. The summed E-state index contributed by atoms with van der Waals surface area (Å²) >= 11 is 1.52. The van der Waals surface area contributed by atoms with Crippen LogP contribution < -0.4 is 5.43 Å². The Balaban J connectivity index is 1.48. The smallest absolute Gasteiger partial charge is 0.335 e. The van der Waals surface area contributed by atoms with Crippen molar-refractivity contribution in [2.24, 2.45) is 5.10 Å². The lowest BCUT2D eigenvalue weighted by Crippen LogP contribution is -1.95. The van der Waals surface area contributed by atoms with Crippen molar-refractivity contribution in [1.29, 1.82) is 0 Å². The number of aromatic nitrogens is 1. The molecule has 0 aliphatic carbocycles. The number of carboxylic acids is 1. The SMILES string of the molecule is O=C(O)c1cccc(-c2ccc(/C=N\Nc3nc4ccccc4s3)o2)c1. The standard InChI is InChI=1S/C19H13N3O3S/c23-18(24)13-5-3-4-12(10-13)16-9-8-14(25-16)11-20-22-19-21-15-6-1-2-7-17(15)26-19/h1-11H,(H,21,22)(H,23,24)/b20-11-. The number of furan rings is 1. The number of aromatic carboxylic acids is 1. The summed E-state index contributed by atoms with van der Waals surface area (Å²) in [7, 11) is 0. The number of carbonyl (C=O) groups is 1. The number of nitrogens with zero attached hydrogens (tertiary/aromatic N) is 2. The third-order valence-corrected chi connectivity index (χ3v) is 4.61. The van der Waals surface area contributed by atoms with Crippen LogP contribution in [0.3, 0.4) is 0 Å². The van der Waals surface area contributed by atoms with Gasteiger partial charge in [0.2, 0.25) is 5.13 Å². The lowest BCUT2D eigenvalue weighted by atomic mass is 10.1. The van der Waals surface area contributed by atoms with Crippen LogP contribution in [0.2, 0.25) is 0 Å². The van der Waals surface area contributed by atoms with Gasteiger partial charge in [-0.2, -0.15) is 5.10 Å². The molecule has 6 nitrogen and oxygen atoms in total. The maximum atomic E-state index is 11.1. The van der Waals surface area contributed by atoms with Crippen LogP contribution in [0.5, 0.6) is 0 Å². The molecule has 0 spiro atoms. The Hall–Kier alpha value is -3.45. The minimum atomic E-state index is -0.972. The zero-order chi connectivity index (χ0) is 17.9. The van der Waals surface area contributed by atoms with Crippen molar-refractivity contribution < 1.29 is 14.3 Å². The minimum Gasteiger partial charge on any atom is -0.478 e. The summed E-state index contributed by atoms with van der Waals surface area (Å²) in [4.78, 5) is 15.5. The van der Waals surface area contributed by atoms with Gasteiger partial charge >= 0.3 is 5.97 Å². The van der Waals surface area contributed by atoms with Gasteiger partial charge in [-0.3, -0.25) is 5.43 Å². The number of anilines is 1. The summed E-state index contributed by atoms with van der Waals surface area (Å²) in [5, 5.41) is 13.9. The van der Waals surface area contributed by atoms with Crippen molar-refractivity contribution in [2.75, 3.05) is 5.43 Å². The molecule has 128 valence electrons. The van der Waals surface area contributed by atoms with Crippen LogP contribution in [-0.4, -0.2) is 22.3 Å². The summed E-state index contributed by atoms with van der Waals surface area (Å²) in [5.41, 5.74) is 4.73. The molecule has 0 saturated heterocycles. The number of hydrogen-bond donors (Lipinski definition) is 2. The van der Waals surface area contributed by atoms with Gasteiger partial charge in [0.05, 0.1) is 22.0 Å². The molecule has 4 aromatic rings. The van der Waals surface area contributed by atoms with E-state index in [0.29, 0.717) is 22.2 Å². The van der Waals surface area contributed by atoms with Gasteiger partial charge in [-0.25, -0.2) is 9.78 Å². The van der Waals surface area contributed by atoms with E-state index in [2.05, 4.69) is 15.5 Å². The van der Waals surface area contributed by atoms with Crippen LogP contribution in [0.15, 0.2) is 70.2 Å². The summed E-state index contributed by atoms with van der Waals surface area (Å²) in [5.74, 6) is 0.157. The van der Waals surface area contributed by atoms with Gasteiger partial charge in [0, 0.05) is 5.56 Å². The maximum Gasteiger partial charge on any atom is 0.335 e. The summed E-state index contributed by atoms with van der Waals surface area (Å²) in [6.45, 7) is 0. The first-order valence-electron chi connectivity index (χ1n) is 7.77. The Bertz CT molecular complexity index is 1080. The minimum absolute atomic E-state index is 0.214. The summed E-state index contributed by atoms with van der Waals surface area (Å²) < 4.78 is 6.79. The fraction of sp³-hybridized carbons (Fsp3) is 0. The van der Waals surface area contributed by atoms with Crippen LogP contribution in [0.4, 0.5) is 5.13 Å². The molecule has 0 saturated carbocycles. The van der Waals surface area contributed by atoms with Gasteiger partial charge in [-0.1, -0.05) is 35.6 Å². The maximum absolute atomic E-state index is 11.1. The third kappa shape index (κ3) is 3.33. The van der Waals surface area contributed by atoms with Gasteiger partial charge in [0.25, 0.3) is 0 Å². The fourth-order valence-corrected chi connectivity index (χ4v) is 3.27. The molecular formula is C19H13N3O3S. The average molecular weight is 363 g/mol. The number of rotatable bonds is 5. The number of hydrogen-bond acceptors (Lipinski definition) is 6. The van der Waals surface area contributed by atoms with E-state index in [1.54, 1.807) is 42.6 Å². The van der Waals surface area contributed by atoms with Crippen LogP contribution >= 0.6 is 11.3 Å². The molecule has 4 rings (SSSR count). The molecular weight excluding hydrogens is 350 g/mol. The van der Waals surface area contributed by atoms with Crippen molar-refractivity contribution in [3.8, 4) is 11.3 Å². The van der Waals surface area contributed by atoms with Crippen LogP contribution in [-0.2, 0) is 0 Å². The number of thiazole rings is 1. The molecule has 2 N–H and O–H groups in total. The van der Waals surface area contributed by atoms with E-state index in [-0.39, 0.29) is 5.56 Å². The van der Waals surface area contributed by atoms with Gasteiger partial charge < -0.3 is 9.52 Å². The molecule has 0 fully saturated rings. The predicted octanol–water partition coefficient (Wildman–Crippen LogP) is 4.70. The van der Waals surface area contributed by atoms with Crippen LogP contribution in [0, 0.1) is 0 Å². The lowest BCUT2D eigenvalue weighted by Gasteiger charge is -1.98. The molecule has 0 amide bonds. The number of carboxylic acid groups (broad SMARTS) is 1. The third-order valence-electron chi connectivity index (χ3n) is 3.67. The van der Waals surface area contributed by atoms with E-state index >= 15 is 0 Å². The van der Waals surface area contributed by atoms with Gasteiger partial charge in [-0.15, -0.1) is 0 Å². The second-order valence-electron chi connectivity index (χ2n) is 5.44. The number of fused-ring (bicyclic) bond motifs is 1. The Kier molecular flexibility index (Phi) is 4.20. The van der Waals surface area contributed by atoms with E-state index in [0.717, 1.165) is 10.2 Å². The summed E-state index contributed by atoms with van der Waals surface area (Å²) in [6.07, 6.45) is 1.55.